The first-order chi connectivity index (χ1) is 13.2. The second kappa shape index (κ2) is 7.75. The minimum absolute atomic E-state index is 0.110. The number of rotatable bonds is 5. The molecule has 0 aliphatic rings. The molecule has 2 amide bonds. The molecule has 0 saturated carbocycles. The number of amides is 2. The van der Waals surface area contributed by atoms with Crippen molar-refractivity contribution in [2.75, 3.05) is 13.6 Å². The van der Waals surface area contributed by atoms with E-state index in [-0.39, 0.29) is 23.8 Å². The monoisotopic (exact) mass is 390 g/mol. The van der Waals surface area contributed by atoms with E-state index in [0.29, 0.717) is 5.58 Å². The van der Waals surface area contributed by atoms with Crippen molar-refractivity contribution in [3.8, 4) is 0 Å². The third-order valence-electron chi connectivity index (χ3n) is 4.07. The van der Waals surface area contributed by atoms with Crippen LogP contribution in [-0.4, -0.2) is 36.5 Å². The number of para-hydroxylation sites is 1. The number of nitrogens with one attached hydrogen (secondary N) is 1. The van der Waals surface area contributed by atoms with Crippen molar-refractivity contribution in [3.05, 3.63) is 71.5 Å². The highest BCUT2D eigenvalue weighted by Crippen LogP contribution is 2.20. The van der Waals surface area contributed by atoms with Gasteiger partial charge in [-0.25, -0.2) is 0 Å². The predicted octanol–water partition coefficient (Wildman–Crippen LogP) is 4.00. The van der Waals surface area contributed by atoms with Gasteiger partial charge in [0.25, 0.3) is 11.8 Å². The fourth-order valence-electron chi connectivity index (χ4n) is 2.67. The third-order valence-corrected chi connectivity index (χ3v) is 4.07. The van der Waals surface area contributed by atoms with Gasteiger partial charge in [0.05, 0.1) is 0 Å². The Labute approximate surface area is 158 Å². The van der Waals surface area contributed by atoms with Gasteiger partial charge < -0.3 is 14.6 Å². The molecule has 1 N–H and O–H groups in total. The van der Waals surface area contributed by atoms with Gasteiger partial charge in [-0.1, -0.05) is 30.3 Å². The van der Waals surface area contributed by atoms with Gasteiger partial charge in [0, 0.05) is 24.5 Å². The molecule has 0 aliphatic carbocycles. The van der Waals surface area contributed by atoms with E-state index in [9.17, 15) is 22.8 Å². The summed E-state index contributed by atoms with van der Waals surface area (Å²) in [6.45, 7) is -1.14. The molecule has 0 bridgehead atoms. The maximum Gasteiger partial charge on any atom is 0.405 e. The number of furan rings is 1. The Morgan fingerprint density at radius 1 is 1.07 bits per heavy atom. The number of halogens is 3. The highest BCUT2D eigenvalue weighted by atomic mass is 19.4. The number of hydrogen-bond acceptors (Lipinski definition) is 3. The van der Waals surface area contributed by atoms with Crippen LogP contribution in [0, 0.1) is 0 Å². The van der Waals surface area contributed by atoms with E-state index in [2.05, 4.69) is 0 Å². The van der Waals surface area contributed by atoms with Crippen LogP contribution in [0.5, 0.6) is 0 Å². The molecule has 2 aromatic carbocycles. The van der Waals surface area contributed by atoms with Gasteiger partial charge in [-0.05, 0) is 29.8 Å². The highest BCUT2D eigenvalue weighted by molar-refractivity contribution is 5.96. The van der Waals surface area contributed by atoms with Crippen LogP contribution in [0.15, 0.2) is 59.0 Å². The summed E-state index contributed by atoms with van der Waals surface area (Å²) in [6, 6.07) is 15.0. The van der Waals surface area contributed by atoms with Gasteiger partial charge in [-0.3, -0.25) is 9.59 Å². The Morgan fingerprint density at radius 2 is 1.75 bits per heavy atom. The van der Waals surface area contributed by atoms with Gasteiger partial charge >= 0.3 is 6.18 Å². The number of nitrogens with zero attached hydrogens (tertiary/aromatic N) is 1. The fourth-order valence-corrected chi connectivity index (χ4v) is 2.67. The molecule has 0 aliphatic heterocycles. The Balaban J connectivity index is 1.63. The first kappa shape index (κ1) is 19.5. The maximum absolute atomic E-state index is 12.5. The summed E-state index contributed by atoms with van der Waals surface area (Å²) >= 11 is 0. The number of carbonyl (C=O) groups excluding carboxylic acids is 2. The number of fused-ring (bicyclic) bond motifs is 1. The highest BCUT2D eigenvalue weighted by Gasteiger charge is 2.27. The summed E-state index contributed by atoms with van der Waals surface area (Å²) in [4.78, 5) is 25.7. The third kappa shape index (κ3) is 4.70. The van der Waals surface area contributed by atoms with E-state index in [4.69, 9.17) is 4.42 Å². The number of carbonyl (C=O) groups is 2. The molecule has 28 heavy (non-hydrogen) atoms. The molecule has 0 fully saturated rings. The quantitative estimate of drug-likeness (QED) is 0.716. The van der Waals surface area contributed by atoms with Crippen LogP contribution in [0.2, 0.25) is 0 Å². The van der Waals surface area contributed by atoms with Crippen molar-refractivity contribution in [2.24, 2.45) is 0 Å². The zero-order valence-electron chi connectivity index (χ0n) is 14.9. The Hall–Kier alpha value is -3.29. The van der Waals surface area contributed by atoms with Crippen LogP contribution in [0.4, 0.5) is 13.2 Å². The van der Waals surface area contributed by atoms with E-state index in [1.54, 1.807) is 31.3 Å². The van der Waals surface area contributed by atoms with Gasteiger partial charge in [0.15, 0.2) is 5.76 Å². The lowest BCUT2D eigenvalue weighted by Gasteiger charge is -2.16. The van der Waals surface area contributed by atoms with Crippen LogP contribution in [0.3, 0.4) is 0 Å². The van der Waals surface area contributed by atoms with E-state index in [1.807, 2.05) is 23.5 Å². The standard InChI is InChI=1S/C20H17F3N2O3/c1-25(19(27)17-10-15-4-2-3-5-16(15)28-17)11-13-6-8-14(9-7-13)18(26)24-12-20(21,22)23/h2-10H,11-12H2,1H3,(H,24,26). The van der Waals surface area contributed by atoms with E-state index in [1.165, 1.54) is 17.0 Å². The number of hydrogen-bond donors (Lipinski definition) is 1. The van der Waals surface area contributed by atoms with Crippen molar-refractivity contribution in [3.63, 3.8) is 0 Å². The summed E-state index contributed by atoms with van der Waals surface area (Å²) in [6.07, 6.45) is -4.46. The van der Waals surface area contributed by atoms with Gasteiger partial charge in [-0.15, -0.1) is 0 Å². The molecule has 0 unspecified atom stereocenters. The first-order valence-electron chi connectivity index (χ1n) is 8.41. The molecule has 146 valence electrons. The Kier molecular flexibility index (Phi) is 5.39. The van der Waals surface area contributed by atoms with Crippen molar-refractivity contribution in [1.29, 1.82) is 0 Å². The first-order valence-corrected chi connectivity index (χ1v) is 8.41. The average molecular weight is 390 g/mol. The molecule has 0 atom stereocenters. The molecule has 3 aromatic rings. The smallest absolute Gasteiger partial charge is 0.405 e. The van der Waals surface area contributed by atoms with Crippen LogP contribution in [-0.2, 0) is 6.54 Å². The molecule has 3 rings (SSSR count). The van der Waals surface area contributed by atoms with Gasteiger partial charge in [-0.2, -0.15) is 13.2 Å². The number of benzene rings is 2. The molecule has 1 heterocycles. The summed E-state index contributed by atoms with van der Waals surface area (Å²) in [7, 11) is 1.61. The lowest BCUT2D eigenvalue weighted by Crippen LogP contribution is -2.33. The zero-order chi connectivity index (χ0) is 20.3. The average Bonchev–Trinajstić information content (AvgIpc) is 3.09. The van der Waals surface area contributed by atoms with Gasteiger partial charge in [0.2, 0.25) is 0 Å². The van der Waals surface area contributed by atoms with Crippen LogP contribution >= 0.6 is 0 Å². The normalized spacial score (nSPS) is 11.4. The molecule has 5 nitrogen and oxygen atoms in total. The van der Waals surface area contributed by atoms with Crippen molar-refractivity contribution < 1.29 is 27.2 Å². The number of alkyl halides is 3. The molecular weight excluding hydrogens is 373 g/mol. The minimum Gasteiger partial charge on any atom is -0.451 e. The SMILES string of the molecule is CN(Cc1ccc(C(=O)NCC(F)(F)F)cc1)C(=O)c1cc2ccccc2o1. The van der Waals surface area contributed by atoms with Crippen LogP contribution < -0.4 is 5.32 Å². The largest absolute Gasteiger partial charge is 0.451 e. The Bertz CT molecular complexity index is 961. The molecular formula is C20H17F3N2O3. The van der Waals surface area contributed by atoms with Crippen molar-refractivity contribution in [1.82, 2.24) is 10.2 Å². The van der Waals surface area contributed by atoms with Crippen molar-refractivity contribution in [2.45, 2.75) is 12.7 Å². The minimum atomic E-state index is -4.46. The van der Waals surface area contributed by atoms with E-state index >= 15 is 0 Å². The molecule has 0 radical (unpaired) electrons. The second-order valence-electron chi connectivity index (χ2n) is 6.30. The van der Waals surface area contributed by atoms with Crippen LogP contribution in [0.1, 0.15) is 26.5 Å². The predicted molar refractivity (Wildman–Crippen MR) is 96.8 cm³/mol. The lowest BCUT2D eigenvalue weighted by atomic mass is 10.1. The fraction of sp³-hybridized carbons (Fsp3) is 0.200. The zero-order valence-corrected chi connectivity index (χ0v) is 14.9. The molecule has 0 spiro atoms. The van der Waals surface area contributed by atoms with E-state index < -0.39 is 18.6 Å². The Morgan fingerprint density at radius 3 is 2.39 bits per heavy atom. The van der Waals surface area contributed by atoms with Crippen LogP contribution in [0.25, 0.3) is 11.0 Å². The molecule has 0 saturated heterocycles. The molecule has 1 aromatic heterocycles. The van der Waals surface area contributed by atoms with Gasteiger partial charge in [0.1, 0.15) is 12.1 Å². The summed E-state index contributed by atoms with van der Waals surface area (Å²) in [5.74, 6) is -0.898. The van der Waals surface area contributed by atoms with Crippen molar-refractivity contribution >= 4 is 22.8 Å². The lowest BCUT2D eigenvalue weighted by molar-refractivity contribution is -0.123. The molecule has 8 heteroatoms. The summed E-state index contributed by atoms with van der Waals surface area (Å²) in [5, 5.41) is 2.64. The van der Waals surface area contributed by atoms with E-state index in [0.717, 1.165) is 10.9 Å². The summed E-state index contributed by atoms with van der Waals surface area (Å²) in [5.41, 5.74) is 1.45. The summed E-state index contributed by atoms with van der Waals surface area (Å²) < 4.78 is 42.0. The topological polar surface area (TPSA) is 62.6 Å². The maximum atomic E-state index is 12.5. The second-order valence-corrected chi connectivity index (χ2v) is 6.30.